The molecule has 0 N–H and O–H groups in total. The first-order valence-electron chi connectivity index (χ1n) is 7.96. The molecule has 2 aromatic carbocycles. The van der Waals surface area contributed by atoms with Crippen molar-refractivity contribution in [1.29, 1.82) is 0 Å². The Bertz CT molecular complexity index is 888. The molecule has 0 fully saturated rings. The minimum Gasteiger partial charge on any atom is -0.465 e. The molecule has 1 aliphatic rings. The van der Waals surface area contributed by atoms with Gasteiger partial charge >= 0.3 is 5.97 Å². The van der Waals surface area contributed by atoms with Crippen molar-refractivity contribution < 1.29 is 14.3 Å². The second kappa shape index (κ2) is 6.08. The van der Waals surface area contributed by atoms with Crippen LogP contribution >= 0.6 is 0 Å². The van der Waals surface area contributed by atoms with Gasteiger partial charge in [0.1, 0.15) is 0 Å². The summed E-state index contributed by atoms with van der Waals surface area (Å²) in [6.45, 7) is 5.87. The lowest BCUT2D eigenvalue weighted by Crippen LogP contribution is -2.07. The van der Waals surface area contributed by atoms with Crippen LogP contribution in [0.2, 0.25) is 0 Å². The number of esters is 1. The lowest BCUT2D eigenvalue weighted by Gasteiger charge is -2.08. The summed E-state index contributed by atoms with van der Waals surface area (Å²) in [5.41, 5.74) is 6.83. The van der Waals surface area contributed by atoms with E-state index in [1.807, 2.05) is 51.1 Å². The number of ether oxygens (including phenoxy) is 1. The second-order valence-corrected chi connectivity index (χ2v) is 6.25. The van der Waals surface area contributed by atoms with Gasteiger partial charge in [0.15, 0.2) is 5.78 Å². The SMILES string of the molecule is COC(=O)c1c(C)cccc1C=C1Cc2ccc(C)c(C)c2C1=O. The maximum absolute atomic E-state index is 12.8. The Morgan fingerprint density at radius 2 is 1.83 bits per heavy atom. The van der Waals surface area contributed by atoms with Gasteiger partial charge in [0.2, 0.25) is 0 Å². The van der Waals surface area contributed by atoms with Crippen LogP contribution in [0.15, 0.2) is 35.9 Å². The van der Waals surface area contributed by atoms with Gasteiger partial charge in [-0.25, -0.2) is 4.79 Å². The van der Waals surface area contributed by atoms with E-state index in [1.165, 1.54) is 7.11 Å². The third-order valence-electron chi connectivity index (χ3n) is 4.75. The van der Waals surface area contributed by atoms with E-state index in [1.54, 1.807) is 0 Å². The van der Waals surface area contributed by atoms with E-state index in [4.69, 9.17) is 4.74 Å². The summed E-state index contributed by atoms with van der Waals surface area (Å²) in [7, 11) is 1.37. The van der Waals surface area contributed by atoms with E-state index in [-0.39, 0.29) is 11.8 Å². The van der Waals surface area contributed by atoms with Crippen molar-refractivity contribution in [3.05, 3.63) is 74.8 Å². The summed E-state index contributed by atoms with van der Waals surface area (Å²) in [4.78, 5) is 24.9. The number of carbonyl (C=O) groups is 2. The molecule has 0 bridgehead atoms. The molecule has 122 valence electrons. The van der Waals surface area contributed by atoms with Gasteiger partial charge in [0.05, 0.1) is 12.7 Å². The predicted octanol–water partition coefficient (Wildman–Crippen LogP) is 4.22. The molecule has 0 aromatic heterocycles. The molecule has 0 saturated heterocycles. The molecule has 3 nitrogen and oxygen atoms in total. The number of ketones is 1. The molecular weight excluding hydrogens is 300 g/mol. The van der Waals surface area contributed by atoms with E-state index in [2.05, 4.69) is 6.07 Å². The van der Waals surface area contributed by atoms with Crippen molar-refractivity contribution in [1.82, 2.24) is 0 Å². The van der Waals surface area contributed by atoms with E-state index in [0.717, 1.165) is 39.0 Å². The first kappa shape index (κ1) is 16.2. The average Bonchev–Trinajstić information content (AvgIpc) is 2.87. The maximum atomic E-state index is 12.8. The van der Waals surface area contributed by atoms with Crippen molar-refractivity contribution in [3.8, 4) is 0 Å². The van der Waals surface area contributed by atoms with Gasteiger partial charge in [0.25, 0.3) is 0 Å². The first-order chi connectivity index (χ1) is 11.4. The molecule has 3 rings (SSSR count). The number of Topliss-reactive ketones (excluding diaryl/α,β-unsaturated/α-hetero) is 1. The Kier molecular flexibility index (Phi) is 4.10. The summed E-state index contributed by atoms with van der Waals surface area (Å²) in [6, 6.07) is 9.68. The fourth-order valence-corrected chi connectivity index (χ4v) is 3.28. The lowest BCUT2D eigenvalue weighted by molar-refractivity contribution is 0.0599. The number of rotatable bonds is 2. The number of fused-ring (bicyclic) bond motifs is 1. The highest BCUT2D eigenvalue weighted by atomic mass is 16.5. The lowest BCUT2D eigenvalue weighted by atomic mass is 9.98. The monoisotopic (exact) mass is 320 g/mol. The molecular formula is C21H20O3. The van der Waals surface area contributed by atoms with Gasteiger partial charge in [0, 0.05) is 17.6 Å². The van der Waals surface area contributed by atoms with Crippen molar-refractivity contribution in [2.75, 3.05) is 7.11 Å². The number of allylic oxidation sites excluding steroid dienone is 1. The summed E-state index contributed by atoms with van der Waals surface area (Å²) >= 11 is 0. The van der Waals surface area contributed by atoms with Crippen LogP contribution in [0.25, 0.3) is 6.08 Å². The highest BCUT2D eigenvalue weighted by molar-refractivity contribution is 6.17. The fraction of sp³-hybridized carbons (Fsp3) is 0.238. The molecule has 0 unspecified atom stereocenters. The minimum absolute atomic E-state index is 0.0588. The van der Waals surface area contributed by atoms with Gasteiger partial charge in [-0.2, -0.15) is 0 Å². The summed E-state index contributed by atoms with van der Waals surface area (Å²) in [6.07, 6.45) is 2.43. The molecule has 3 heteroatoms. The van der Waals surface area contributed by atoms with Crippen molar-refractivity contribution in [2.24, 2.45) is 0 Å². The van der Waals surface area contributed by atoms with Crippen LogP contribution in [-0.2, 0) is 11.2 Å². The Labute approximate surface area is 142 Å². The number of methoxy groups -OCH3 is 1. The fourth-order valence-electron chi connectivity index (χ4n) is 3.28. The number of hydrogen-bond donors (Lipinski definition) is 0. The third kappa shape index (κ3) is 2.56. The molecule has 0 radical (unpaired) electrons. The number of hydrogen-bond acceptors (Lipinski definition) is 3. The summed E-state index contributed by atoms with van der Waals surface area (Å²) < 4.78 is 4.89. The largest absolute Gasteiger partial charge is 0.465 e. The molecule has 0 spiro atoms. The Hall–Kier alpha value is -2.68. The van der Waals surface area contributed by atoms with Crippen LogP contribution in [-0.4, -0.2) is 18.9 Å². The van der Waals surface area contributed by atoms with Crippen molar-refractivity contribution >= 4 is 17.8 Å². The van der Waals surface area contributed by atoms with E-state index >= 15 is 0 Å². The summed E-state index contributed by atoms with van der Waals surface area (Å²) in [5.74, 6) is -0.321. The highest BCUT2D eigenvalue weighted by Crippen LogP contribution is 2.32. The number of benzene rings is 2. The Morgan fingerprint density at radius 1 is 1.08 bits per heavy atom. The van der Waals surface area contributed by atoms with E-state index < -0.39 is 0 Å². The zero-order valence-electron chi connectivity index (χ0n) is 14.4. The van der Waals surface area contributed by atoms with Gasteiger partial charge in [-0.3, -0.25) is 4.79 Å². The molecule has 1 aliphatic carbocycles. The molecule has 0 amide bonds. The van der Waals surface area contributed by atoms with Crippen LogP contribution in [0.3, 0.4) is 0 Å². The predicted molar refractivity (Wildman–Crippen MR) is 94.4 cm³/mol. The zero-order chi connectivity index (χ0) is 17.4. The molecule has 0 heterocycles. The molecule has 2 aromatic rings. The van der Waals surface area contributed by atoms with Crippen LogP contribution < -0.4 is 0 Å². The zero-order valence-corrected chi connectivity index (χ0v) is 14.4. The van der Waals surface area contributed by atoms with Crippen LogP contribution in [0.5, 0.6) is 0 Å². The molecule has 0 aliphatic heterocycles. The second-order valence-electron chi connectivity index (χ2n) is 6.25. The summed E-state index contributed by atoms with van der Waals surface area (Å²) in [5, 5.41) is 0. The number of carbonyl (C=O) groups excluding carboxylic acids is 2. The molecule has 24 heavy (non-hydrogen) atoms. The number of aryl methyl sites for hydroxylation is 2. The smallest absolute Gasteiger partial charge is 0.338 e. The van der Waals surface area contributed by atoms with E-state index in [9.17, 15) is 9.59 Å². The quantitative estimate of drug-likeness (QED) is 0.614. The van der Waals surface area contributed by atoms with Crippen LogP contribution in [0, 0.1) is 20.8 Å². The normalized spacial score (nSPS) is 14.8. The molecule has 0 atom stereocenters. The highest BCUT2D eigenvalue weighted by Gasteiger charge is 2.27. The first-order valence-corrected chi connectivity index (χ1v) is 7.96. The van der Waals surface area contributed by atoms with Gasteiger partial charge in [-0.05, 0) is 54.7 Å². The van der Waals surface area contributed by atoms with E-state index in [0.29, 0.717) is 12.0 Å². The van der Waals surface area contributed by atoms with Gasteiger partial charge in [-0.1, -0.05) is 30.3 Å². The maximum Gasteiger partial charge on any atom is 0.338 e. The van der Waals surface area contributed by atoms with Crippen LogP contribution in [0.4, 0.5) is 0 Å². The van der Waals surface area contributed by atoms with Gasteiger partial charge in [-0.15, -0.1) is 0 Å². The average molecular weight is 320 g/mol. The Morgan fingerprint density at radius 3 is 2.54 bits per heavy atom. The van der Waals surface area contributed by atoms with Gasteiger partial charge < -0.3 is 4.74 Å². The third-order valence-corrected chi connectivity index (χ3v) is 4.75. The van der Waals surface area contributed by atoms with Crippen molar-refractivity contribution in [3.63, 3.8) is 0 Å². The topological polar surface area (TPSA) is 43.4 Å². The molecule has 0 saturated carbocycles. The van der Waals surface area contributed by atoms with Crippen LogP contribution in [0.1, 0.15) is 48.5 Å². The minimum atomic E-state index is -0.380. The van der Waals surface area contributed by atoms with Crippen molar-refractivity contribution in [2.45, 2.75) is 27.2 Å². The Balaban J connectivity index is 2.10. The standard InChI is InChI=1S/C21H20O3/c1-12-8-9-16-11-17(20(22)19(16)14(12)3)10-15-7-5-6-13(2)18(15)21(23)24-4/h5-10H,11H2,1-4H3.